The molecule has 3 rings (SSSR count). The van der Waals surface area contributed by atoms with Crippen LogP contribution in [0.4, 0.5) is 5.69 Å². The lowest BCUT2D eigenvalue weighted by molar-refractivity contribution is 0.102. The molecule has 0 radical (unpaired) electrons. The fourth-order valence-corrected chi connectivity index (χ4v) is 3.66. The second kappa shape index (κ2) is 5.22. The van der Waals surface area contributed by atoms with Crippen LogP contribution in [-0.4, -0.2) is 37.6 Å². The lowest BCUT2D eigenvalue weighted by Gasteiger charge is -2.46. The molecule has 0 aromatic heterocycles. The van der Waals surface area contributed by atoms with E-state index in [1.54, 1.807) is 0 Å². The Kier molecular flexibility index (Phi) is 3.44. The van der Waals surface area contributed by atoms with Gasteiger partial charge in [0.25, 0.3) is 0 Å². The molecule has 100 valence electrons. The number of hydrogen-bond donors (Lipinski definition) is 0. The Balaban J connectivity index is 1.75. The number of nitrogens with zero attached hydrogens (tertiary/aromatic N) is 3. The van der Waals surface area contributed by atoms with Crippen molar-refractivity contribution in [2.24, 2.45) is 5.92 Å². The van der Waals surface area contributed by atoms with Gasteiger partial charge in [0, 0.05) is 24.8 Å². The Morgan fingerprint density at radius 1 is 1.26 bits per heavy atom. The van der Waals surface area contributed by atoms with Gasteiger partial charge >= 0.3 is 0 Å². The third-order valence-corrected chi connectivity index (χ3v) is 4.69. The van der Waals surface area contributed by atoms with E-state index in [2.05, 4.69) is 29.0 Å². The maximum atomic E-state index is 9.01. The van der Waals surface area contributed by atoms with Crippen LogP contribution in [0.2, 0.25) is 0 Å². The molecule has 2 unspecified atom stereocenters. The van der Waals surface area contributed by atoms with E-state index in [1.165, 1.54) is 31.5 Å². The third-order valence-electron chi connectivity index (χ3n) is 4.69. The highest BCUT2D eigenvalue weighted by atomic mass is 15.2. The lowest BCUT2D eigenvalue weighted by Crippen LogP contribution is -2.52. The summed E-state index contributed by atoms with van der Waals surface area (Å²) in [4.78, 5) is 5.00. The van der Waals surface area contributed by atoms with Crippen LogP contribution in [0.3, 0.4) is 0 Å². The van der Waals surface area contributed by atoms with Crippen molar-refractivity contribution in [3.63, 3.8) is 0 Å². The SMILES string of the molecule is CN1CCCC2CN(c3cccc(C#N)c3)CCC21. The summed E-state index contributed by atoms with van der Waals surface area (Å²) in [5.41, 5.74) is 1.98. The first-order valence-electron chi connectivity index (χ1n) is 7.23. The zero-order valence-corrected chi connectivity index (χ0v) is 11.5. The molecule has 2 saturated heterocycles. The van der Waals surface area contributed by atoms with Gasteiger partial charge in [-0.25, -0.2) is 0 Å². The number of anilines is 1. The highest BCUT2D eigenvalue weighted by Gasteiger charge is 2.34. The Morgan fingerprint density at radius 3 is 3.00 bits per heavy atom. The van der Waals surface area contributed by atoms with Gasteiger partial charge in [0.05, 0.1) is 11.6 Å². The molecule has 0 spiro atoms. The van der Waals surface area contributed by atoms with E-state index >= 15 is 0 Å². The fourth-order valence-electron chi connectivity index (χ4n) is 3.66. The molecule has 0 aliphatic carbocycles. The molecule has 2 fully saturated rings. The van der Waals surface area contributed by atoms with Crippen molar-refractivity contribution in [1.82, 2.24) is 4.90 Å². The molecule has 1 aromatic carbocycles. The molecule has 0 bridgehead atoms. The summed E-state index contributed by atoms with van der Waals surface area (Å²) < 4.78 is 0. The summed E-state index contributed by atoms with van der Waals surface area (Å²) in [6.45, 7) is 3.51. The van der Waals surface area contributed by atoms with Crippen LogP contribution >= 0.6 is 0 Å². The maximum Gasteiger partial charge on any atom is 0.0992 e. The molecule has 3 nitrogen and oxygen atoms in total. The van der Waals surface area contributed by atoms with Gasteiger partial charge in [-0.05, 0) is 57.0 Å². The van der Waals surface area contributed by atoms with Crippen LogP contribution < -0.4 is 4.90 Å². The Morgan fingerprint density at radius 2 is 2.16 bits per heavy atom. The van der Waals surface area contributed by atoms with Gasteiger partial charge in [-0.15, -0.1) is 0 Å². The molecule has 2 aliphatic rings. The van der Waals surface area contributed by atoms with Crippen LogP contribution in [0.5, 0.6) is 0 Å². The largest absolute Gasteiger partial charge is 0.371 e. The maximum absolute atomic E-state index is 9.01. The topological polar surface area (TPSA) is 30.3 Å². The first-order valence-corrected chi connectivity index (χ1v) is 7.23. The van der Waals surface area contributed by atoms with Crippen molar-refractivity contribution in [2.75, 3.05) is 31.6 Å². The smallest absolute Gasteiger partial charge is 0.0992 e. The van der Waals surface area contributed by atoms with Gasteiger partial charge in [-0.1, -0.05) is 6.07 Å². The van der Waals surface area contributed by atoms with Crippen LogP contribution in [0.15, 0.2) is 24.3 Å². The molecule has 0 amide bonds. The minimum Gasteiger partial charge on any atom is -0.371 e. The third kappa shape index (κ3) is 2.46. The first-order chi connectivity index (χ1) is 9.28. The summed E-state index contributed by atoms with van der Waals surface area (Å²) in [7, 11) is 2.27. The van der Waals surface area contributed by atoms with E-state index in [4.69, 9.17) is 5.26 Å². The van der Waals surface area contributed by atoms with Crippen LogP contribution in [0.25, 0.3) is 0 Å². The van der Waals surface area contributed by atoms with Crippen molar-refractivity contribution >= 4 is 5.69 Å². The predicted octanol–water partition coefficient (Wildman–Crippen LogP) is 2.48. The number of hydrogen-bond acceptors (Lipinski definition) is 3. The van der Waals surface area contributed by atoms with Gasteiger partial charge in [-0.3, -0.25) is 0 Å². The van der Waals surface area contributed by atoms with E-state index < -0.39 is 0 Å². The number of nitriles is 1. The van der Waals surface area contributed by atoms with Crippen molar-refractivity contribution < 1.29 is 0 Å². The normalized spacial score (nSPS) is 27.7. The highest BCUT2D eigenvalue weighted by Crippen LogP contribution is 2.32. The minimum absolute atomic E-state index is 0.764. The first kappa shape index (κ1) is 12.5. The lowest BCUT2D eigenvalue weighted by atomic mass is 9.84. The zero-order chi connectivity index (χ0) is 13.2. The van der Waals surface area contributed by atoms with Crippen LogP contribution in [0.1, 0.15) is 24.8 Å². The average Bonchev–Trinajstić information content (AvgIpc) is 2.47. The number of likely N-dealkylation sites (tertiary alicyclic amines) is 1. The van der Waals surface area contributed by atoms with E-state index in [0.717, 1.165) is 30.6 Å². The zero-order valence-electron chi connectivity index (χ0n) is 11.5. The van der Waals surface area contributed by atoms with Gasteiger partial charge in [0.2, 0.25) is 0 Å². The Bertz CT molecular complexity index is 491. The van der Waals surface area contributed by atoms with Crippen molar-refractivity contribution in [3.05, 3.63) is 29.8 Å². The van der Waals surface area contributed by atoms with Crippen molar-refractivity contribution in [2.45, 2.75) is 25.3 Å². The van der Waals surface area contributed by atoms with E-state index in [0.29, 0.717) is 0 Å². The molecule has 2 atom stereocenters. The van der Waals surface area contributed by atoms with Gasteiger partial charge < -0.3 is 9.80 Å². The van der Waals surface area contributed by atoms with E-state index in [1.807, 2.05) is 18.2 Å². The standard InChI is InChI=1S/C16H21N3/c1-18-8-3-5-14-12-19(9-7-16(14)18)15-6-2-4-13(10-15)11-17/h2,4,6,10,14,16H,3,5,7-9,12H2,1H3. The second-order valence-electron chi connectivity index (χ2n) is 5.85. The summed E-state index contributed by atoms with van der Waals surface area (Å²) in [6.07, 6.45) is 3.92. The van der Waals surface area contributed by atoms with Gasteiger partial charge in [-0.2, -0.15) is 5.26 Å². The average molecular weight is 255 g/mol. The summed E-state index contributed by atoms with van der Waals surface area (Å²) in [6, 6.07) is 11.0. The number of rotatable bonds is 1. The molecule has 2 aliphatic heterocycles. The molecule has 0 N–H and O–H groups in total. The molecular formula is C16H21N3. The second-order valence-corrected chi connectivity index (χ2v) is 5.85. The Hall–Kier alpha value is -1.53. The minimum atomic E-state index is 0.764. The van der Waals surface area contributed by atoms with Crippen molar-refractivity contribution in [3.8, 4) is 6.07 Å². The predicted molar refractivity (Wildman–Crippen MR) is 77.1 cm³/mol. The van der Waals surface area contributed by atoms with Crippen molar-refractivity contribution in [1.29, 1.82) is 5.26 Å². The number of benzene rings is 1. The quantitative estimate of drug-likeness (QED) is 0.772. The summed E-state index contributed by atoms with van der Waals surface area (Å²) in [5, 5.41) is 9.01. The van der Waals surface area contributed by atoms with Crippen LogP contribution in [0, 0.1) is 17.2 Å². The van der Waals surface area contributed by atoms with Crippen LogP contribution in [-0.2, 0) is 0 Å². The molecule has 1 aromatic rings. The van der Waals surface area contributed by atoms with Gasteiger partial charge in [0.1, 0.15) is 0 Å². The molecule has 0 saturated carbocycles. The van der Waals surface area contributed by atoms with Gasteiger partial charge in [0.15, 0.2) is 0 Å². The Labute approximate surface area is 115 Å². The van der Waals surface area contributed by atoms with E-state index in [-0.39, 0.29) is 0 Å². The summed E-state index contributed by atoms with van der Waals surface area (Å²) >= 11 is 0. The monoisotopic (exact) mass is 255 g/mol. The number of piperidine rings is 2. The molecule has 19 heavy (non-hydrogen) atoms. The number of fused-ring (bicyclic) bond motifs is 1. The van der Waals surface area contributed by atoms with E-state index in [9.17, 15) is 0 Å². The molecule has 2 heterocycles. The molecular weight excluding hydrogens is 234 g/mol. The highest BCUT2D eigenvalue weighted by molar-refractivity contribution is 5.52. The molecule has 3 heteroatoms. The summed E-state index contributed by atoms with van der Waals surface area (Å²) in [5.74, 6) is 0.790. The fraction of sp³-hybridized carbons (Fsp3) is 0.562.